The number of hydrogen-bond donors (Lipinski definition) is 0. The van der Waals surface area contributed by atoms with Gasteiger partial charge in [-0.15, -0.1) is 11.3 Å². The summed E-state index contributed by atoms with van der Waals surface area (Å²) in [6, 6.07) is 136. The summed E-state index contributed by atoms with van der Waals surface area (Å²) in [5, 5.41) is 7.52. The third-order valence-electron chi connectivity index (χ3n) is 21.4. The lowest BCUT2D eigenvalue weighted by Crippen LogP contribution is -2.60. The number of anilines is 3. The van der Waals surface area contributed by atoms with Crippen LogP contribution in [0, 0.1) is 0 Å². The van der Waals surface area contributed by atoms with E-state index in [1.54, 1.807) is 0 Å². The highest BCUT2D eigenvalue weighted by Gasteiger charge is 2.44. The molecular weight excluding hydrogens is 1270 g/mol. The van der Waals surface area contributed by atoms with E-state index in [1.807, 2.05) is 23.1 Å². The van der Waals surface area contributed by atoms with Crippen LogP contribution in [-0.2, 0) is 0 Å². The summed E-state index contributed by atoms with van der Waals surface area (Å²) in [4.78, 5) is 5.26. The van der Waals surface area contributed by atoms with Crippen LogP contribution >= 0.6 is 23.1 Å². The highest BCUT2D eigenvalue weighted by molar-refractivity contribution is 8.00. The number of benzene rings is 16. The van der Waals surface area contributed by atoms with Crippen LogP contribution in [0.1, 0.15) is 0 Å². The predicted molar refractivity (Wildman–Crippen MR) is 436 cm³/mol. The van der Waals surface area contributed by atoms with Crippen LogP contribution < -0.4 is 21.3 Å². The largest absolute Gasteiger partial charge is 0.310 e. The van der Waals surface area contributed by atoms with Gasteiger partial charge >= 0.3 is 0 Å². The minimum Gasteiger partial charge on any atom is -0.310 e. The zero-order valence-corrected chi connectivity index (χ0v) is 57.0. The van der Waals surface area contributed by atoms with Crippen LogP contribution in [0.25, 0.3) is 153 Å². The van der Waals surface area contributed by atoms with E-state index in [0.717, 1.165) is 67.3 Å². The zero-order valence-electron chi connectivity index (χ0n) is 55.4. The average Bonchev–Trinajstić information content (AvgIpc) is 0.914. The highest BCUT2D eigenvalue weighted by Crippen LogP contribution is 2.54. The smallest absolute Gasteiger partial charge is 0.249 e. The fourth-order valence-corrected chi connectivity index (χ4v) is 19.4. The van der Waals surface area contributed by atoms with Crippen molar-refractivity contribution in [2.75, 3.05) is 4.90 Å². The monoisotopic (exact) mass is 1330 g/mol. The van der Waals surface area contributed by atoms with Gasteiger partial charge in [0.2, 0.25) is 6.71 Å². The van der Waals surface area contributed by atoms with E-state index < -0.39 is 0 Å². The predicted octanol–water partition coefficient (Wildman–Crippen LogP) is 24.7. The lowest BCUT2D eigenvalue weighted by Gasteiger charge is -2.42. The Kier molecular flexibility index (Phi) is 13.5. The first-order valence-electron chi connectivity index (χ1n) is 35.1. The Hall–Kier alpha value is -12.4. The summed E-state index contributed by atoms with van der Waals surface area (Å²) in [5.74, 6) is 0. The summed E-state index contributed by atoms with van der Waals surface area (Å²) >= 11 is 3.87. The van der Waals surface area contributed by atoms with Crippen molar-refractivity contribution in [3.8, 4) is 89.3 Å². The molecule has 0 unspecified atom stereocenters. The average molecular weight is 1330 g/mol. The molecule has 2 aliphatic rings. The first-order chi connectivity index (χ1) is 50.6. The maximum Gasteiger partial charge on any atom is 0.249 e. The molecule has 0 bridgehead atoms. The molecule has 3 aromatic heterocycles. The van der Waals surface area contributed by atoms with Gasteiger partial charge in [0.1, 0.15) is 0 Å². The van der Waals surface area contributed by atoms with Crippen LogP contribution in [0.4, 0.5) is 17.1 Å². The molecule has 0 radical (unpaired) electrons. The molecule has 0 aliphatic carbocycles. The molecule has 6 heteroatoms. The van der Waals surface area contributed by atoms with E-state index >= 15 is 0 Å². The van der Waals surface area contributed by atoms with Crippen molar-refractivity contribution in [1.29, 1.82) is 0 Å². The molecule has 0 atom stereocenters. The topological polar surface area (TPSA) is 13.1 Å². The lowest BCUT2D eigenvalue weighted by molar-refractivity contribution is 1.17. The molecule has 19 aromatic rings. The fourth-order valence-electron chi connectivity index (χ4n) is 16.9. The lowest BCUT2D eigenvalue weighted by atomic mass is 9.34. The molecule has 0 N–H and O–H groups in total. The Morgan fingerprint density at radius 1 is 0.265 bits per heavy atom. The highest BCUT2D eigenvalue weighted by atomic mass is 32.2. The maximum atomic E-state index is 2.70. The number of fused-ring (bicyclic) bond motifs is 14. The van der Waals surface area contributed by atoms with E-state index in [-0.39, 0.29) is 6.71 Å². The molecule has 16 aromatic carbocycles. The van der Waals surface area contributed by atoms with Crippen molar-refractivity contribution in [2.45, 2.75) is 9.79 Å². The van der Waals surface area contributed by atoms with Crippen molar-refractivity contribution in [2.24, 2.45) is 0 Å². The van der Waals surface area contributed by atoms with Crippen molar-refractivity contribution in [3.05, 3.63) is 364 Å². The molecule has 474 valence electrons. The van der Waals surface area contributed by atoms with Gasteiger partial charge in [-0.2, -0.15) is 0 Å². The van der Waals surface area contributed by atoms with Crippen molar-refractivity contribution in [1.82, 2.24) is 9.13 Å². The molecule has 102 heavy (non-hydrogen) atoms. The number of aromatic nitrogens is 2. The summed E-state index contributed by atoms with van der Waals surface area (Å²) in [7, 11) is 0. The second kappa shape index (κ2) is 23.6. The van der Waals surface area contributed by atoms with Gasteiger partial charge in [0.15, 0.2) is 0 Å². The Morgan fingerprint density at radius 3 is 1.31 bits per heavy atom. The molecule has 3 nitrogen and oxygen atoms in total. The number of hydrogen-bond acceptors (Lipinski definition) is 3. The van der Waals surface area contributed by atoms with Crippen LogP contribution in [0.2, 0.25) is 0 Å². The summed E-state index contributed by atoms with van der Waals surface area (Å²) in [5.41, 5.74) is 30.7. The van der Waals surface area contributed by atoms with Gasteiger partial charge in [-0.3, -0.25) is 0 Å². The van der Waals surface area contributed by atoms with E-state index in [4.69, 9.17) is 0 Å². The van der Waals surface area contributed by atoms with Crippen molar-refractivity contribution >= 4 is 127 Å². The second-order valence-corrected chi connectivity index (χ2v) is 29.1. The Balaban J connectivity index is 0.869. The number of thiophene rings is 1. The molecule has 0 amide bonds. The first-order valence-corrected chi connectivity index (χ1v) is 36.7. The number of nitrogens with zero attached hydrogens (tertiary/aromatic N) is 3. The van der Waals surface area contributed by atoms with Crippen LogP contribution in [0.3, 0.4) is 0 Å². The zero-order chi connectivity index (χ0) is 66.9. The molecule has 5 heterocycles. The minimum atomic E-state index is -0.158. The van der Waals surface area contributed by atoms with Crippen LogP contribution in [0.15, 0.2) is 374 Å². The van der Waals surface area contributed by atoms with Crippen molar-refractivity contribution in [3.63, 3.8) is 0 Å². The molecule has 0 saturated heterocycles. The molecule has 0 spiro atoms. The van der Waals surface area contributed by atoms with E-state index in [9.17, 15) is 0 Å². The Bertz CT molecular complexity index is 6430. The molecule has 21 rings (SSSR count). The quantitative estimate of drug-likeness (QED) is 0.127. The van der Waals surface area contributed by atoms with Gasteiger partial charge in [0.05, 0.1) is 27.8 Å². The SMILES string of the molecule is c1ccc(-c2cccc(-c3ccc4c(c3)c3ccccc3n4-c3ccc4c(c3)N(c3c(-c5ccccc5)cccc3-c3ccccc3)c3cc(-c5c(-c6ccccc6)cccc5-c5ccccc5)cc5c3B4c3ccc4sc6ccc(-n7c8ccccc8c8ccccc87)cc6c4c3S5)c2)cc1. The Morgan fingerprint density at radius 2 is 0.716 bits per heavy atom. The van der Waals surface area contributed by atoms with Gasteiger partial charge in [-0.1, -0.05) is 296 Å². The first kappa shape index (κ1) is 58.5. The normalized spacial score (nSPS) is 12.4. The van der Waals surface area contributed by atoms with E-state index in [2.05, 4.69) is 378 Å². The van der Waals surface area contributed by atoms with E-state index in [1.165, 1.54) is 129 Å². The fraction of sp³-hybridized carbons (Fsp3) is 0. The van der Waals surface area contributed by atoms with Crippen LogP contribution in [-0.4, -0.2) is 15.8 Å². The minimum absolute atomic E-state index is 0.158. The number of rotatable bonds is 10. The molecule has 0 saturated carbocycles. The maximum absolute atomic E-state index is 2.70. The summed E-state index contributed by atoms with van der Waals surface area (Å²) < 4.78 is 7.55. The second-order valence-electron chi connectivity index (χ2n) is 27.0. The summed E-state index contributed by atoms with van der Waals surface area (Å²) in [6.45, 7) is -0.158. The molecule has 0 fully saturated rings. The standard InChI is InChI=1S/C96H60BN3S2/c1-6-25-61(26-7-1)66-35-22-36-67(55-66)68-47-52-86-79(56-68)78-39-18-21-46-85(78)99(86)71-48-50-81-87(60-71)100(95-74(64-31-12-4-13-32-64)42-24-43-75(95)65-33-14-5-15-34-65)88-57-69(92-72(62-27-8-2-9-28-62)40-23-41-73(92)63-29-10-3-11-30-63)58-91-94(88)97(81)82-51-54-90-93(96(82)102-91)80-59-70(49-53-89(80)101-90)98-83-44-19-16-37-76(83)77-38-17-20-45-84(77)98/h1-60H. The molecular formula is C96H60BN3S2. The van der Waals surface area contributed by atoms with Gasteiger partial charge < -0.3 is 14.0 Å². The van der Waals surface area contributed by atoms with E-state index in [0.29, 0.717) is 0 Å². The third-order valence-corrected chi connectivity index (χ3v) is 23.7. The van der Waals surface area contributed by atoms with Crippen molar-refractivity contribution < 1.29 is 0 Å². The van der Waals surface area contributed by atoms with Gasteiger partial charge in [0.25, 0.3) is 0 Å². The van der Waals surface area contributed by atoms with Crippen LogP contribution in [0.5, 0.6) is 0 Å². The summed E-state index contributed by atoms with van der Waals surface area (Å²) in [6.07, 6.45) is 0. The van der Waals surface area contributed by atoms with Gasteiger partial charge in [-0.25, -0.2) is 0 Å². The van der Waals surface area contributed by atoms with Gasteiger partial charge in [-0.05, 0) is 163 Å². The molecule has 2 aliphatic heterocycles. The Labute approximate surface area is 599 Å². The number of para-hydroxylation sites is 4. The van der Waals surface area contributed by atoms with Gasteiger partial charge in [0, 0.05) is 85.4 Å². The third kappa shape index (κ3) is 9.23.